The van der Waals surface area contributed by atoms with E-state index in [1.165, 1.54) is 0 Å². The van der Waals surface area contributed by atoms with Crippen LogP contribution in [0.5, 0.6) is 0 Å². The van der Waals surface area contributed by atoms with Gasteiger partial charge in [-0.2, -0.15) is 5.10 Å². The fourth-order valence-electron chi connectivity index (χ4n) is 2.00. The van der Waals surface area contributed by atoms with E-state index < -0.39 is 0 Å². The Kier molecular flexibility index (Phi) is 3.79. The molecule has 0 bridgehead atoms. The predicted octanol–water partition coefficient (Wildman–Crippen LogP) is 2.90. The molecule has 0 saturated carbocycles. The summed E-state index contributed by atoms with van der Waals surface area (Å²) in [6.07, 6.45) is 2.23. The molecule has 19 heavy (non-hydrogen) atoms. The third-order valence-electron chi connectivity index (χ3n) is 3.06. The zero-order valence-corrected chi connectivity index (χ0v) is 11.8. The van der Waals surface area contributed by atoms with Crippen LogP contribution in [0.15, 0.2) is 24.4 Å². The molecule has 4 heteroatoms. The number of nitrogens with zero attached hydrogens (tertiary/aromatic N) is 3. The maximum absolute atomic E-state index is 12.2. The van der Waals surface area contributed by atoms with Gasteiger partial charge in [-0.25, -0.2) is 0 Å². The zero-order chi connectivity index (χ0) is 14.0. The number of hydrogen-bond acceptors (Lipinski definition) is 3. The lowest BCUT2D eigenvalue weighted by atomic mass is 10.1. The van der Waals surface area contributed by atoms with Crippen molar-refractivity contribution < 1.29 is 4.79 Å². The number of carbonyl (C=O) groups is 1. The van der Waals surface area contributed by atoms with Gasteiger partial charge >= 0.3 is 0 Å². The normalized spacial score (nSPS) is 11.0. The largest absolute Gasteiger partial charge is 0.294 e. The number of carbonyl (C=O) groups excluding carboxylic acids is 1. The Morgan fingerprint density at radius 3 is 2.58 bits per heavy atom. The van der Waals surface area contributed by atoms with Crippen molar-refractivity contribution in [2.24, 2.45) is 0 Å². The lowest BCUT2D eigenvalue weighted by Gasteiger charge is -2.05. The summed E-state index contributed by atoms with van der Waals surface area (Å²) >= 11 is 0. The van der Waals surface area contributed by atoms with E-state index in [2.05, 4.69) is 23.9 Å². The highest BCUT2D eigenvalue weighted by Gasteiger charge is 2.13. The lowest BCUT2D eigenvalue weighted by molar-refractivity contribution is 0.0990. The van der Waals surface area contributed by atoms with Gasteiger partial charge in [0.2, 0.25) is 0 Å². The number of aryl methyl sites for hydroxylation is 2. The quantitative estimate of drug-likeness (QED) is 0.791. The average Bonchev–Trinajstić information content (AvgIpc) is 2.77. The molecular weight excluding hydrogens is 238 g/mol. The van der Waals surface area contributed by atoms with E-state index in [0.29, 0.717) is 18.0 Å². The molecule has 0 radical (unpaired) electrons. The minimum absolute atomic E-state index is 0.0685. The summed E-state index contributed by atoms with van der Waals surface area (Å²) in [5.74, 6) is 0.0685. The fourth-order valence-corrected chi connectivity index (χ4v) is 2.00. The number of rotatable bonds is 4. The number of pyridine rings is 1. The maximum Gasteiger partial charge on any atom is 0.170 e. The van der Waals surface area contributed by atoms with Crippen LogP contribution in [0, 0.1) is 13.8 Å². The van der Waals surface area contributed by atoms with Gasteiger partial charge in [0.15, 0.2) is 5.78 Å². The molecule has 0 aliphatic heterocycles. The first-order chi connectivity index (χ1) is 8.97. The van der Waals surface area contributed by atoms with Crippen molar-refractivity contribution in [3.8, 4) is 0 Å². The van der Waals surface area contributed by atoms with Gasteiger partial charge in [0.1, 0.15) is 0 Å². The molecule has 0 aromatic carbocycles. The van der Waals surface area contributed by atoms with E-state index in [1.807, 2.05) is 42.9 Å². The topological polar surface area (TPSA) is 47.8 Å². The van der Waals surface area contributed by atoms with Crippen molar-refractivity contribution in [3.05, 3.63) is 47.0 Å². The highest BCUT2D eigenvalue weighted by atomic mass is 16.1. The lowest BCUT2D eigenvalue weighted by Crippen LogP contribution is -2.09. The van der Waals surface area contributed by atoms with E-state index in [9.17, 15) is 4.79 Å². The van der Waals surface area contributed by atoms with Gasteiger partial charge in [0, 0.05) is 29.2 Å². The van der Waals surface area contributed by atoms with Crippen LogP contribution in [0.25, 0.3) is 0 Å². The number of ketones is 1. The number of Topliss-reactive ketones (excluding diaryl/α,β-unsaturated/α-hetero) is 1. The predicted molar refractivity (Wildman–Crippen MR) is 74.4 cm³/mol. The van der Waals surface area contributed by atoms with Crippen LogP contribution < -0.4 is 0 Å². The van der Waals surface area contributed by atoms with Crippen molar-refractivity contribution in [1.29, 1.82) is 0 Å². The molecular formula is C15H19N3O. The Balaban J connectivity index is 2.16. The van der Waals surface area contributed by atoms with Crippen molar-refractivity contribution in [1.82, 2.24) is 14.8 Å². The highest BCUT2D eigenvalue weighted by Crippen LogP contribution is 2.11. The Morgan fingerprint density at radius 2 is 2.00 bits per heavy atom. The Hall–Kier alpha value is -1.97. The maximum atomic E-state index is 12.2. The zero-order valence-electron chi connectivity index (χ0n) is 11.8. The standard InChI is InChI=1S/C15H19N3O/c1-10(2)18-8-7-13(17-18)9-15(19)14-6-5-11(3)16-12(14)4/h5-8,10H,9H2,1-4H3. The summed E-state index contributed by atoms with van der Waals surface area (Å²) < 4.78 is 1.86. The first-order valence-corrected chi connectivity index (χ1v) is 6.49. The number of aromatic nitrogens is 3. The Morgan fingerprint density at radius 1 is 1.26 bits per heavy atom. The SMILES string of the molecule is Cc1ccc(C(=O)Cc2ccn(C(C)C)n2)c(C)n1. The smallest absolute Gasteiger partial charge is 0.170 e. The van der Waals surface area contributed by atoms with E-state index >= 15 is 0 Å². The summed E-state index contributed by atoms with van der Waals surface area (Å²) in [6, 6.07) is 5.92. The first-order valence-electron chi connectivity index (χ1n) is 6.49. The van der Waals surface area contributed by atoms with Crippen LogP contribution in [0.1, 0.15) is 47.3 Å². The molecule has 0 N–H and O–H groups in total. The number of hydrogen-bond donors (Lipinski definition) is 0. The van der Waals surface area contributed by atoms with E-state index in [-0.39, 0.29) is 5.78 Å². The van der Waals surface area contributed by atoms with Crippen LogP contribution in [-0.4, -0.2) is 20.5 Å². The van der Waals surface area contributed by atoms with Crippen molar-refractivity contribution in [2.75, 3.05) is 0 Å². The van der Waals surface area contributed by atoms with E-state index in [1.54, 1.807) is 0 Å². The summed E-state index contributed by atoms with van der Waals surface area (Å²) in [4.78, 5) is 16.6. The van der Waals surface area contributed by atoms with Crippen LogP contribution in [0.4, 0.5) is 0 Å². The summed E-state index contributed by atoms with van der Waals surface area (Å²) in [5.41, 5.74) is 3.20. The van der Waals surface area contributed by atoms with Gasteiger partial charge < -0.3 is 0 Å². The molecule has 2 aromatic rings. The van der Waals surface area contributed by atoms with Crippen LogP contribution in [-0.2, 0) is 6.42 Å². The Labute approximate surface area is 113 Å². The molecule has 0 atom stereocenters. The highest BCUT2D eigenvalue weighted by molar-refractivity contribution is 5.98. The molecule has 2 aromatic heterocycles. The first kappa shape index (κ1) is 13.5. The minimum atomic E-state index is 0.0685. The molecule has 0 aliphatic rings. The molecule has 0 aliphatic carbocycles. The van der Waals surface area contributed by atoms with Crippen molar-refractivity contribution >= 4 is 5.78 Å². The molecule has 4 nitrogen and oxygen atoms in total. The molecule has 100 valence electrons. The second-order valence-electron chi connectivity index (χ2n) is 5.07. The average molecular weight is 257 g/mol. The van der Waals surface area contributed by atoms with Crippen LogP contribution >= 0.6 is 0 Å². The van der Waals surface area contributed by atoms with Crippen molar-refractivity contribution in [2.45, 2.75) is 40.2 Å². The van der Waals surface area contributed by atoms with Gasteiger partial charge in [-0.05, 0) is 45.9 Å². The van der Waals surface area contributed by atoms with Crippen LogP contribution in [0.3, 0.4) is 0 Å². The van der Waals surface area contributed by atoms with Gasteiger partial charge in [0.05, 0.1) is 12.1 Å². The molecule has 0 fully saturated rings. The van der Waals surface area contributed by atoms with Gasteiger partial charge in [-0.3, -0.25) is 14.5 Å². The fraction of sp³-hybridized carbons (Fsp3) is 0.400. The molecule has 0 spiro atoms. The van der Waals surface area contributed by atoms with Crippen molar-refractivity contribution in [3.63, 3.8) is 0 Å². The molecule has 0 saturated heterocycles. The Bertz CT molecular complexity index is 599. The van der Waals surface area contributed by atoms with Gasteiger partial charge in [-0.1, -0.05) is 0 Å². The third-order valence-corrected chi connectivity index (χ3v) is 3.06. The van der Waals surface area contributed by atoms with Crippen LogP contribution in [0.2, 0.25) is 0 Å². The third kappa shape index (κ3) is 3.08. The monoisotopic (exact) mass is 257 g/mol. The van der Waals surface area contributed by atoms with Gasteiger partial charge in [0.25, 0.3) is 0 Å². The van der Waals surface area contributed by atoms with Gasteiger partial charge in [-0.15, -0.1) is 0 Å². The molecule has 2 heterocycles. The summed E-state index contributed by atoms with van der Waals surface area (Å²) in [5, 5.41) is 4.40. The summed E-state index contributed by atoms with van der Waals surface area (Å²) in [7, 11) is 0. The second kappa shape index (κ2) is 5.34. The van der Waals surface area contributed by atoms with E-state index in [4.69, 9.17) is 0 Å². The second-order valence-corrected chi connectivity index (χ2v) is 5.07. The van der Waals surface area contributed by atoms with E-state index in [0.717, 1.165) is 17.1 Å². The molecule has 0 amide bonds. The minimum Gasteiger partial charge on any atom is -0.294 e. The molecule has 2 rings (SSSR count). The molecule has 0 unspecified atom stereocenters. The summed E-state index contributed by atoms with van der Waals surface area (Å²) in [6.45, 7) is 7.91.